The van der Waals surface area contributed by atoms with Crippen LogP contribution in [0.25, 0.3) is 0 Å². The first-order chi connectivity index (χ1) is 14.2. The molecule has 0 saturated heterocycles. The van der Waals surface area contributed by atoms with E-state index in [0.29, 0.717) is 4.47 Å². The zero-order valence-corrected chi connectivity index (χ0v) is 18.9. The number of amides is 2. The van der Waals surface area contributed by atoms with Crippen LogP contribution in [0.3, 0.4) is 0 Å². The van der Waals surface area contributed by atoms with Crippen molar-refractivity contribution in [3.63, 3.8) is 0 Å². The highest BCUT2D eigenvalue weighted by Crippen LogP contribution is 2.21. The summed E-state index contributed by atoms with van der Waals surface area (Å²) >= 11 is 3.21. The summed E-state index contributed by atoms with van der Waals surface area (Å²) in [5.41, 5.74) is 6.48. The monoisotopic (exact) mass is 498 g/mol. The summed E-state index contributed by atoms with van der Waals surface area (Å²) in [6.45, 7) is 2.22. The minimum atomic E-state index is -3.81. The van der Waals surface area contributed by atoms with Crippen LogP contribution in [0.4, 0.5) is 5.69 Å². The Hall–Kier alpha value is -2.47. The van der Waals surface area contributed by atoms with Gasteiger partial charge in [-0.1, -0.05) is 17.7 Å². The SMILES string of the molecule is COCCNS(=O)(=O)c1ccc(Br)c(C(=O)NNC(=O)CNc2ccc(C)cc2)c1. The van der Waals surface area contributed by atoms with Gasteiger partial charge >= 0.3 is 0 Å². The van der Waals surface area contributed by atoms with Crippen molar-refractivity contribution in [3.8, 4) is 0 Å². The number of ether oxygens (including phenoxy) is 1. The number of carbonyl (C=O) groups excluding carboxylic acids is 2. The van der Waals surface area contributed by atoms with E-state index >= 15 is 0 Å². The van der Waals surface area contributed by atoms with Crippen LogP contribution in [0.2, 0.25) is 0 Å². The number of hydrogen-bond acceptors (Lipinski definition) is 6. The fourth-order valence-corrected chi connectivity index (χ4v) is 3.76. The number of halogens is 1. The summed E-state index contributed by atoms with van der Waals surface area (Å²) in [6, 6.07) is 11.5. The number of hydrazine groups is 1. The number of benzene rings is 2. The summed E-state index contributed by atoms with van der Waals surface area (Å²) in [7, 11) is -2.35. The molecule has 0 aliphatic carbocycles. The normalized spacial score (nSPS) is 11.0. The fraction of sp³-hybridized carbons (Fsp3) is 0.263. The van der Waals surface area contributed by atoms with Crippen molar-refractivity contribution in [2.45, 2.75) is 11.8 Å². The van der Waals surface area contributed by atoms with Crippen molar-refractivity contribution in [1.82, 2.24) is 15.6 Å². The molecule has 0 aliphatic rings. The van der Waals surface area contributed by atoms with Crippen molar-refractivity contribution in [1.29, 1.82) is 0 Å². The molecule has 0 aliphatic heterocycles. The molecule has 0 heterocycles. The zero-order valence-electron chi connectivity index (χ0n) is 16.5. The van der Waals surface area contributed by atoms with Gasteiger partial charge in [0.05, 0.1) is 23.6 Å². The van der Waals surface area contributed by atoms with E-state index in [1.807, 2.05) is 31.2 Å². The topological polar surface area (TPSA) is 126 Å². The molecule has 9 nitrogen and oxygen atoms in total. The second kappa shape index (κ2) is 11.1. The van der Waals surface area contributed by atoms with E-state index < -0.39 is 21.8 Å². The molecule has 0 saturated carbocycles. The third kappa shape index (κ3) is 7.10. The van der Waals surface area contributed by atoms with Crippen molar-refractivity contribution in [2.24, 2.45) is 0 Å². The van der Waals surface area contributed by atoms with Gasteiger partial charge in [-0.15, -0.1) is 0 Å². The predicted molar refractivity (Wildman–Crippen MR) is 116 cm³/mol. The van der Waals surface area contributed by atoms with Crippen molar-refractivity contribution in [2.75, 3.05) is 32.1 Å². The van der Waals surface area contributed by atoms with Gasteiger partial charge in [-0.25, -0.2) is 13.1 Å². The molecule has 0 fully saturated rings. The van der Waals surface area contributed by atoms with Crippen LogP contribution >= 0.6 is 15.9 Å². The lowest BCUT2D eigenvalue weighted by Crippen LogP contribution is -2.44. The average Bonchev–Trinajstić information content (AvgIpc) is 2.72. The van der Waals surface area contributed by atoms with Gasteiger partial charge in [0.25, 0.3) is 11.8 Å². The van der Waals surface area contributed by atoms with Crippen LogP contribution < -0.4 is 20.9 Å². The predicted octanol–water partition coefficient (Wildman–Crippen LogP) is 1.56. The molecule has 2 amide bonds. The molecule has 0 bridgehead atoms. The second-order valence-corrected chi connectivity index (χ2v) is 8.88. The lowest BCUT2D eigenvalue weighted by Gasteiger charge is -2.12. The first-order valence-corrected chi connectivity index (χ1v) is 11.2. The van der Waals surface area contributed by atoms with Crippen molar-refractivity contribution >= 4 is 43.5 Å². The standard InChI is InChI=1S/C19H23BrN4O5S/c1-13-3-5-14(6-4-13)21-12-18(25)23-24-19(26)16-11-15(7-8-17(16)20)30(27,28)22-9-10-29-2/h3-8,11,21-22H,9-10,12H2,1-2H3,(H,23,25)(H,24,26). The largest absolute Gasteiger partial charge is 0.383 e. The Morgan fingerprint density at radius 3 is 2.43 bits per heavy atom. The van der Waals surface area contributed by atoms with Gasteiger partial charge in [0.2, 0.25) is 10.0 Å². The van der Waals surface area contributed by atoms with Gasteiger partial charge in [0.15, 0.2) is 0 Å². The van der Waals surface area contributed by atoms with Gasteiger partial charge in [-0.3, -0.25) is 20.4 Å². The first kappa shape index (κ1) is 23.8. The van der Waals surface area contributed by atoms with E-state index in [2.05, 4.69) is 36.8 Å². The van der Waals surface area contributed by atoms with Crippen molar-refractivity contribution < 1.29 is 22.7 Å². The van der Waals surface area contributed by atoms with Crippen LogP contribution in [0.1, 0.15) is 15.9 Å². The van der Waals surface area contributed by atoms with Crippen LogP contribution in [0, 0.1) is 6.92 Å². The molecule has 0 atom stereocenters. The van der Waals surface area contributed by atoms with E-state index in [1.54, 1.807) is 0 Å². The highest BCUT2D eigenvalue weighted by molar-refractivity contribution is 9.10. The van der Waals surface area contributed by atoms with Gasteiger partial charge < -0.3 is 10.1 Å². The van der Waals surface area contributed by atoms with E-state index in [4.69, 9.17) is 4.74 Å². The van der Waals surface area contributed by atoms with Gasteiger partial charge in [0, 0.05) is 23.8 Å². The minimum Gasteiger partial charge on any atom is -0.383 e. The lowest BCUT2D eigenvalue weighted by atomic mass is 10.2. The number of rotatable bonds is 9. The van der Waals surface area contributed by atoms with Gasteiger partial charge in [-0.2, -0.15) is 0 Å². The molecule has 2 aromatic carbocycles. The number of sulfonamides is 1. The Bertz CT molecular complexity index is 996. The van der Waals surface area contributed by atoms with Gasteiger partial charge in [0.1, 0.15) is 0 Å². The molecule has 2 aromatic rings. The Morgan fingerprint density at radius 1 is 1.07 bits per heavy atom. The van der Waals surface area contributed by atoms with E-state index in [9.17, 15) is 18.0 Å². The van der Waals surface area contributed by atoms with E-state index in [-0.39, 0.29) is 30.2 Å². The highest BCUT2D eigenvalue weighted by Gasteiger charge is 2.18. The molecule has 11 heteroatoms. The molecule has 0 aromatic heterocycles. The number of aryl methyl sites for hydroxylation is 1. The third-order valence-corrected chi connectivity index (χ3v) is 6.06. The molecular weight excluding hydrogens is 476 g/mol. The molecule has 162 valence electrons. The summed E-state index contributed by atoms with van der Waals surface area (Å²) < 4.78 is 32.2. The van der Waals surface area contributed by atoms with Crippen LogP contribution in [0.5, 0.6) is 0 Å². The lowest BCUT2D eigenvalue weighted by molar-refractivity contribution is -0.120. The molecule has 0 spiro atoms. The summed E-state index contributed by atoms with van der Waals surface area (Å²) in [6.07, 6.45) is 0. The van der Waals surface area contributed by atoms with Crippen molar-refractivity contribution in [3.05, 3.63) is 58.1 Å². The smallest absolute Gasteiger partial charge is 0.270 e. The molecule has 0 unspecified atom stereocenters. The summed E-state index contributed by atoms with van der Waals surface area (Å²) in [5, 5.41) is 2.93. The maximum atomic E-state index is 12.4. The van der Waals surface area contributed by atoms with Crippen LogP contribution in [-0.4, -0.2) is 47.0 Å². The first-order valence-electron chi connectivity index (χ1n) is 8.91. The molecule has 2 rings (SSSR count). The fourth-order valence-electron chi connectivity index (χ4n) is 2.30. The number of hydrogen-bond donors (Lipinski definition) is 4. The van der Waals surface area contributed by atoms with E-state index in [0.717, 1.165) is 11.3 Å². The Balaban J connectivity index is 1.95. The molecule has 0 radical (unpaired) electrons. The van der Waals surface area contributed by atoms with Gasteiger partial charge in [-0.05, 0) is 53.2 Å². The number of carbonyl (C=O) groups is 2. The Kier molecular flexibility index (Phi) is 8.78. The maximum absolute atomic E-state index is 12.4. The zero-order chi connectivity index (χ0) is 22.1. The third-order valence-electron chi connectivity index (χ3n) is 3.91. The van der Waals surface area contributed by atoms with Crippen LogP contribution in [0.15, 0.2) is 51.8 Å². The van der Waals surface area contributed by atoms with Crippen LogP contribution in [-0.2, 0) is 19.6 Å². The second-order valence-electron chi connectivity index (χ2n) is 6.25. The summed E-state index contributed by atoms with van der Waals surface area (Å²) in [4.78, 5) is 24.3. The number of nitrogens with one attached hydrogen (secondary N) is 4. The Morgan fingerprint density at radius 2 is 1.77 bits per heavy atom. The number of anilines is 1. The molecular formula is C19H23BrN4O5S. The minimum absolute atomic E-state index is 0.0522. The molecule has 4 N–H and O–H groups in total. The summed E-state index contributed by atoms with van der Waals surface area (Å²) in [5.74, 6) is -1.13. The molecule has 30 heavy (non-hydrogen) atoms. The number of methoxy groups -OCH3 is 1. The Labute approximate surface area is 183 Å². The van der Waals surface area contributed by atoms with E-state index in [1.165, 1.54) is 25.3 Å². The quantitative estimate of drug-likeness (QED) is 0.307. The maximum Gasteiger partial charge on any atom is 0.270 e. The highest BCUT2D eigenvalue weighted by atomic mass is 79.9. The average molecular weight is 499 g/mol.